The van der Waals surface area contributed by atoms with Crippen molar-refractivity contribution in [3.63, 3.8) is 0 Å². The standard InChI is InChI=1S/C15H18N2O/c1-12-6-7-14(11-13(12)5-4-8-16)15(18)17-9-2-3-10-17/h6-7,11H,2-3,8-10,16H2,1H3. The van der Waals surface area contributed by atoms with Crippen LogP contribution in [-0.4, -0.2) is 30.4 Å². The molecule has 1 heterocycles. The molecule has 1 aliphatic rings. The fraction of sp³-hybridized carbons (Fsp3) is 0.400. The minimum atomic E-state index is 0.114. The minimum Gasteiger partial charge on any atom is -0.339 e. The predicted octanol–water partition coefficient (Wildman–Crippen LogP) is 1.54. The molecule has 0 aliphatic carbocycles. The molecule has 0 saturated carbocycles. The van der Waals surface area contributed by atoms with Crippen molar-refractivity contribution in [2.75, 3.05) is 19.6 Å². The highest BCUT2D eigenvalue weighted by atomic mass is 16.2. The largest absolute Gasteiger partial charge is 0.339 e. The Kier molecular flexibility index (Phi) is 4.01. The van der Waals surface area contributed by atoms with Crippen LogP contribution in [0.25, 0.3) is 0 Å². The fourth-order valence-corrected chi connectivity index (χ4v) is 2.14. The molecule has 3 heteroatoms. The zero-order valence-corrected chi connectivity index (χ0v) is 10.7. The molecular weight excluding hydrogens is 224 g/mol. The molecule has 94 valence electrons. The third kappa shape index (κ3) is 2.72. The third-order valence-corrected chi connectivity index (χ3v) is 3.20. The molecule has 3 nitrogen and oxygen atoms in total. The lowest BCUT2D eigenvalue weighted by molar-refractivity contribution is 0.0793. The summed E-state index contributed by atoms with van der Waals surface area (Å²) < 4.78 is 0. The van der Waals surface area contributed by atoms with E-state index >= 15 is 0 Å². The van der Waals surface area contributed by atoms with E-state index in [-0.39, 0.29) is 5.91 Å². The second-order valence-corrected chi connectivity index (χ2v) is 4.53. The van der Waals surface area contributed by atoms with Gasteiger partial charge in [-0.2, -0.15) is 0 Å². The number of nitrogens with zero attached hydrogens (tertiary/aromatic N) is 1. The first kappa shape index (κ1) is 12.7. The van der Waals surface area contributed by atoms with Gasteiger partial charge in [-0.15, -0.1) is 0 Å². The molecule has 1 aromatic carbocycles. The van der Waals surface area contributed by atoms with Crippen LogP contribution in [-0.2, 0) is 0 Å². The van der Waals surface area contributed by atoms with Gasteiger partial charge >= 0.3 is 0 Å². The average Bonchev–Trinajstić information content (AvgIpc) is 2.91. The van der Waals surface area contributed by atoms with Gasteiger partial charge in [0.2, 0.25) is 0 Å². The lowest BCUT2D eigenvalue weighted by atomic mass is 10.0. The fourth-order valence-electron chi connectivity index (χ4n) is 2.14. The molecule has 2 rings (SSSR count). The van der Waals surface area contributed by atoms with Gasteiger partial charge in [0.1, 0.15) is 0 Å². The highest BCUT2D eigenvalue weighted by molar-refractivity contribution is 5.94. The van der Waals surface area contributed by atoms with Crippen LogP contribution < -0.4 is 5.73 Å². The molecule has 0 aromatic heterocycles. The van der Waals surface area contributed by atoms with Gasteiger partial charge in [-0.05, 0) is 37.5 Å². The van der Waals surface area contributed by atoms with Crippen molar-refractivity contribution in [3.05, 3.63) is 34.9 Å². The molecule has 1 amide bonds. The summed E-state index contributed by atoms with van der Waals surface area (Å²) >= 11 is 0. The van der Waals surface area contributed by atoms with Crippen molar-refractivity contribution < 1.29 is 4.79 Å². The molecule has 0 spiro atoms. The normalized spacial score (nSPS) is 14.2. The molecule has 1 saturated heterocycles. The number of benzene rings is 1. The Hall–Kier alpha value is -1.79. The SMILES string of the molecule is Cc1ccc(C(=O)N2CCCC2)cc1C#CCN. The number of likely N-dealkylation sites (tertiary alicyclic amines) is 1. The van der Waals surface area contributed by atoms with Gasteiger partial charge in [-0.3, -0.25) is 4.79 Å². The van der Waals surface area contributed by atoms with Crippen LogP contribution in [0.15, 0.2) is 18.2 Å². The van der Waals surface area contributed by atoms with Crippen LogP contribution >= 0.6 is 0 Å². The lowest BCUT2D eigenvalue weighted by Crippen LogP contribution is -2.27. The van der Waals surface area contributed by atoms with Gasteiger partial charge in [-0.1, -0.05) is 17.9 Å². The third-order valence-electron chi connectivity index (χ3n) is 3.20. The van der Waals surface area contributed by atoms with Gasteiger partial charge in [0.05, 0.1) is 6.54 Å². The Morgan fingerprint density at radius 3 is 2.78 bits per heavy atom. The van der Waals surface area contributed by atoms with Gasteiger partial charge in [-0.25, -0.2) is 0 Å². The number of nitrogens with two attached hydrogens (primary N) is 1. The second-order valence-electron chi connectivity index (χ2n) is 4.53. The maximum absolute atomic E-state index is 12.2. The van der Waals surface area contributed by atoms with Gasteiger partial charge in [0.15, 0.2) is 0 Å². The van der Waals surface area contributed by atoms with E-state index in [9.17, 15) is 4.79 Å². The Morgan fingerprint density at radius 2 is 2.11 bits per heavy atom. The molecule has 0 atom stereocenters. The van der Waals surface area contributed by atoms with Gasteiger partial charge in [0.25, 0.3) is 5.91 Å². The molecule has 1 fully saturated rings. The Morgan fingerprint density at radius 1 is 1.39 bits per heavy atom. The van der Waals surface area contributed by atoms with Gasteiger partial charge < -0.3 is 10.6 Å². The Balaban J connectivity index is 2.25. The van der Waals surface area contributed by atoms with Crippen molar-refractivity contribution in [2.24, 2.45) is 5.73 Å². The molecule has 0 unspecified atom stereocenters. The van der Waals surface area contributed by atoms with E-state index in [1.165, 1.54) is 0 Å². The van der Waals surface area contributed by atoms with E-state index in [0.717, 1.165) is 42.6 Å². The van der Waals surface area contributed by atoms with E-state index in [4.69, 9.17) is 5.73 Å². The maximum Gasteiger partial charge on any atom is 0.253 e. The van der Waals surface area contributed by atoms with E-state index < -0.39 is 0 Å². The number of carbonyl (C=O) groups excluding carboxylic acids is 1. The summed E-state index contributed by atoms with van der Waals surface area (Å²) in [5.41, 5.74) is 8.07. The van der Waals surface area contributed by atoms with Crippen LogP contribution in [0, 0.1) is 18.8 Å². The summed E-state index contributed by atoms with van der Waals surface area (Å²) in [5, 5.41) is 0. The summed E-state index contributed by atoms with van der Waals surface area (Å²) in [6, 6.07) is 5.70. The molecule has 1 aromatic rings. The minimum absolute atomic E-state index is 0.114. The molecule has 1 aliphatic heterocycles. The predicted molar refractivity (Wildman–Crippen MR) is 72.2 cm³/mol. The topological polar surface area (TPSA) is 46.3 Å². The zero-order chi connectivity index (χ0) is 13.0. The van der Waals surface area contributed by atoms with E-state index in [2.05, 4.69) is 11.8 Å². The maximum atomic E-state index is 12.2. The van der Waals surface area contributed by atoms with Crippen molar-refractivity contribution in [1.82, 2.24) is 4.90 Å². The van der Waals surface area contributed by atoms with Crippen molar-refractivity contribution in [3.8, 4) is 11.8 Å². The Labute approximate surface area is 108 Å². The van der Waals surface area contributed by atoms with E-state index in [1.54, 1.807) is 0 Å². The summed E-state index contributed by atoms with van der Waals surface area (Å²) in [6.07, 6.45) is 2.22. The number of rotatable bonds is 1. The Bertz CT molecular complexity index is 505. The zero-order valence-electron chi connectivity index (χ0n) is 10.7. The molecule has 18 heavy (non-hydrogen) atoms. The molecule has 2 N–H and O–H groups in total. The number of hydrogen-bond donors (Lipinski definition) is 1. The van der Waals surface area contributed by atoms with Crippen molar-refractivity contribution in [2.45, 2.75) is 19.8 Å². The lowest BCUT2D eigenvalue weighted by Gasteiger charge is -2.15. The smallest absolute Gasteiger partial charge is 0.253 e. The van der Waals surface area contributed by atoms with Crippen molar-refractivity contribution in [1.29, 1.82) is 0 Å². The highest BCUT2D eigenvalue weighted by Gasteiger charge is 2.19. The highest BCUT2D eigenvalue weighted by Crippen LogP contribution is 2.15. The average molecular weight is 242 g/mol. The van der Waals surface area contributed by atoms with Crippen LogP contribution in [0.4, 0.5) is 0 Å². The summed E-state index contributed by atoms with van der Waals surface area (Å²) in [4.78, 5) is 14.1. The number of carbonyl (C=O) groups is 1. The van der Waals surface area contributed by atoms with Gasteiger partial charge in [0, 0.05) is 24.2 Å². The van der Waals surface area contributed by atoms with E-state index in [1.807, 2.05) is 30.0 Å². The number of amides is 1. The summed E-state index contributed by atoms with van der Waals surface area (Å²) in [6.45, 7) is 4.07. The van der Waals surface area contributed by atoms with E-state index in [0.29, 0.717) is 6.54 Å². The summed E-state index contributed by atoms with van der Waals surface area (Å²) in [5.74, 6) is 5.96. The van der Waals surface area contributed by atoms with Crippen molar-refractivity contribution >= 4 is 5.91 Å². The second kappa shape index (κ2) is 5.70. The number of hydrogen-bond acceptors (Lipinski definition) is 2. The van der Waals surface area contributed by atoms with Crippen LogP contribution in [0.2, 0.25) is 0 Å². The van der Waals surface area contributed by atoms with Crippen LogP contribution in [0.1, 0.15) is 34.3 Å². The van der Waals surface area contributed by atoms with Crippen LogP contribution in [0.5, 0.6) is 0 Å². The first-order valence-electron chi connectivity index (χ1n) is 6.31. The quantitative estimate of drug-likeness (QED) is 0.759. The molecular formula is C15H18N2O. The first-order chi connectivity index (χ1) is 8.72. The summed E-state index contributed by atoms with van der Waals surface area (Å²) in [7, 11) is 0. The molecule has 0 radical (unpaired) electrons. The first-order valence-corrected chi connectivity index (χ1v) is 6.31. The number of aryl methyl sites for hydroxylation is 1. The van der Waals surface area contributed by atoms with Crippen LogP contribution in [0.3, 0.4) is 0 Å². The molecule has 0 bridgehead atoms. The monoisotopic (exact) mass is 242 g/mol.